The summed E-state index contributed by atoms with van der Waals surface area (Å²) in [7, 11) is 0. The number of carbonyl (C=O) groups excluding carboxylic acids is 3. The molecule has 180 valence electrons. The smallest absolute Gasteiger partial charge is 0.436 e. The Morgan fingerprint density at radius 2 is 2.03 bits per heavy atom. The van der Waals surface area contributed by atoms with E-state index in [1.165, 1.54) is 25.6 Å². The molecule has 10 nitrogen and oxygen atoms in total. The number of carboxylic acids is 1. The van der Waals surface area contributed by atoms with E-state index >= 15 is 0 Å². The van der Waals surface area contributed by atoms with E-state index in [2.05, 4.69) is 26.3 Å². The van der Waals surface area contributed by atoms with Crippen molar-refractivity contribution in [2.75, 3.05) is 12.4 Å². The summed E-state index contributed by atoms with van der Waals surface area (Å²) in [6.45, 7) is 2.18. The molecule has 1 aromatic heterocycles. The highest BCUT2D eigenvalue weighted by atomic mass is 79.9. The Morgan fingerprint density at radius 3 is 2.58 bits per heavy atom. The number of carboxylic acid groups (broad SMARTS) is 1. The number of thioether (sulfide) groups is 1. The van der Waals surface area contributed by atoms with Crippen molar-refractivity contribution in [2.24, 2.45) is 0 Å². The lowest BCUT2D eigenvalue weighted by atomic mass is 10.0. The molecule has 1 fully saturated rings. The Hall–Kier alpha value is -2.55. The predicted octanol–water partition coefficient (Wildman–Crippen LogP) is 1.66. The molecule has 0 aromatic carbocycles. The Bertz CT molecular complexity index is 1060. The van der Waals surface area contributed by atoms with Crippen molar-refractivity contribution in [2.45, 2.75) is 44.4 Å². The van der Waals surface area contributed by atoms with Gasteiger partial charge in [0.15, 0.2) is 5.69 Å². The molecule has 0 saturated carbocycles. The summed E-state index contributed by atoms with van der Waals surface area (Å²) in [5.41, 5.74) is -0.925. The van der Waals surface area contributed by atoms with Crippen LogP contribution in [0.25, 0.3) is 0 Å². The molecule has 0 bridgehead atoms. The second kappa shape index (κ2) is 9.37. The van der Waals surface area contributed by atoms with Gasteiger partial charge in [0.05, 0.1) is 16.7 Å². The van der Waals surface area contributed by atoms with Gasteiger partial charge >= 0.3 is 18.1 Å². The van der Waals surface area contributed by atoms with Crippen molar-refractivity contribution < 1.29 is 42.2 Å². The van der Waals surface area contributed by atoms with E-state index in [9.17, 15) is 37.5 Å². The summed E-state index contributed by atoms with van der Waals surface area (Å²) in [6, 6.07) is -0.983. The van der Waals surface area contributed by atoms with E-state index < -0.39 is 47.0 Å². The van der Waals surface area contributed by atoms with Gasteiger partial charge in [0.2, 0.25) is 5.91 Å². The third kappa shape index (κ3) is 5.03. The highest BCUT2D eigenvalue weighted by Gasteiger charge is 2.54. The molecule has 2 aliphatic heterocycles. The van der Waals surface area contributed by atoms with Gasteiger partial charge in [-0.1, -0.05) is 0 Å². The average molecular weight is 555 g/mol. The number of nitrogens with zero attached hydrogens (tertiary/aromatic N) is 3. The number of aliphatic carboxylic acids is 1. The molecular weight excluding hydrogens is 537 g/mol. The van der Waals surface area contributed by atoms with E-state index in [4.69, 9.17) is 4.74 Å². The fourth-order valence-corrected chi connectivity index (χ4v) is 5.20. The molecule has 1 saturated heterocycles. The molecule has 0 unspecified atom stereocenters. The highest BCUT2D eigenvalue weighted by molar-refractivity contribution is 9.10. The number of β-lactam (4-membered cyclic amide) rings is 1. The second-order valence-electron chi connectivity index (χ2n) is 7.21. The number of amides is 2. The summed E-state index contributed by atoms with van der Waals surface area (Å²) in [5.74, 6) is -3.02. The van der Waals surface area contributed by atoms with Gasteiger partial charge in [-0.25, -0.2) is 4.79 Å². The quantitative estimate of drug-likeness (QED) is 0.384. The molecule has 3 heterocycles. The number of halogens is 4. The van der Waals surface area contributed by atoms with Crippen LogP contribution in [-0.2, 0) is 36.6 Å². The Balaban J connectivity index is 1.64. The van der Waals surface area contributed by atoms with Gasteiger partial charge in [-0.3, -0.25) is 24.0 Å². The van der Waals surface area contributed by atoms with Gasteiger partial charge in [-0.05, 0) is 22.9 Å². The van der Waals surface area contributed by atoms with Crippen molar-refractivity contribution in [3.8, 4) is 0 Å². The van der Waals surface area contributed by atoms with Crippen molar-refractivity contribution in [1.29, 1.82) is 0 Å². The molecule has 3 rings (SSSR count). The van der Waals surface area contributed by atoms with Crippen LogP contribution in [0.1, 0.15) is 24.7 Å². The first-order chi connectivity index (χ1) is 15.3. The maximum Gasteiger partial charge on any atom is 0.436 e. The lowest BCUT2D eigenvalue weighted by molar-refractivity contribution is -0.151. The van der Waals surface area contributed by atoms with Gasteiger partial charge < -0.3 is 15.2 Å². The van der Waals surface area contributed by atoms with E-state index in [0.717, 1.165) is 9.58 Å². The van der Waals surface area contributed by atoms with Crippen LogP contribution in [0.5, 0.6) is 0 Å². The van der Waals surface area contributed by atoms with Gasteiger partial charge in [0.1, 0.15) is 23.7 Å². The number of fused-ring (bicyclic) bond motifs is 1. The number of nitrogens with one attached hydrogen (secondary N) is 1. The molecule has 2 amide bonds. The normalized spacial score (nSPS) is 20.3. The highest BCUT2D eigenvalue weighted by Crippen LogP contribution is 2.40. The molecule has 33 heavy (non-hydrogen) atoms. The number of aryl methyl sites for hydroxylation is 1. The minimum Gasteiger partial charge on any atom is -0.477 e. The Kier molecular flexibility index (Phi) is 7.12. The minimum atomic E-state index is -4.65. The average Bonchev–Trinajstić information content (AvgIpc) is 3.02. The number of esters is 1. The first-order valence-electron chi connectivity index (χ1n) is 9.45. The SMILES string of the molecule is CC(=O)OCC1=C(C(=O)O)N2C(=O)[C@@H](NC(=O)CCn3nc(C(F)(F)F)c(Br)c3C)[C@H]2SC1. The number of ether oxygens (including phenoxy) is 1. The molecule has 0 spiro atoms. The zero-order valence-corrected chi connectivity index (χ0v) is 19.6. The summed E-state index contributed by atoms with van der Waals surface area (Å²) in [5, 5.41) is 14.9. The largest absolute Gasteiger partial charge is 0.477 e. The lowest BCUT2D eigenvalue weighted by Gasteiger charge is -2.49. The van der Waals surface area contributed by atoms with Crippen molar-refractivity contribution >= 4 is 51.4 Å². The third-order valence-electron chi connectivity index (χ3n) is 4.97. The number of alkyl halides is 3. The molecular formula is C18H18BrF3N4O6S. The van der Waals surface area contributed by atoms with Crippen LogP contribution in [0.2, 0.25) is 0 Å². The van der Waals surface area contributed by atoms with Gasteiger partial charge in [-0.15, -0.1) is 11.8 Å². The van der Waals surface area contributed by atoms with Crippen LogP contribution in [0.3, 0.4) is 0 Å². The van der Waals surface area contributed by atoms with E-state index in [1.54, 1.807) is 0 Å². The van der Waals surface area contributed by atoms with Crippen LogP contribution >= 0.6 is 27.7 Å². The fraction of sp³-hybridized carbons (Fsp3) is 0.500. The number of aromatic nitrogens is 2. The van der Waals surface area contributed by atoms with E-state index in [-0.39, 0.29) is 46.8 Å². The summed E-state index contributed by atoms with van der Waals surface area (Å²) in [4.78, 5) is 48.6. The minimum absolute atomic E-state index is 0.151. The zero-order chi connectivity index (χ0) is 24.7. The molecule has 15 heteroatoms. The maximum atomic E-state index is 13.0. The Labute approximate surface area is 197 Å². The standard InChI is InChI=1S/C18H18BrF3N4O6S/c1-7-11(19)14(18(20,21)22)24-25(7)4-3-10(28)23-12-15(29)26-13(17(30)31)9(5-32-8(2)27)6-33-16(12)26/h12,16H,3-6H2,1-2H3,(H,23,28)(H,30,31)/t12-,16-/m1/s1. The molecule has 2 N–H and O–H groups in total. The van der Waals surface area contributed by atoms with Gasteiger partial charge in [0, 0.05) is 24.7 Å². The number of hydrogen-bond donors (Lipinski definition) is 2. The van der Waals surface area contributed by atoms with Crippen LogP contribution in [0.15, 0.2) is 15.7 Å². The zero-order valence-electron chi connectivity index (χ0n) is 17.2. The van der Waals surface area contributed by atoms with Crippen LogP contribution in [0, 0.1) is 6.92 Å². The monoisotopic (exact) mass is 554 g/mol. The van der Waals surface area contributed by atoms with E-state index in [0.29, 0.717) is 0 Å². The van der Waals surface area contributed by atoms with Gasteiger partial charge in [-0.2, -0.15) is 18.3 Å². The fourth-order valence-electron chi connectivity index (χ4n) is 3.36. The third-order valence-corrected chi connectivity index (χ3v) is 7.26. The van der Waals surface area contributed by atoms with Crippen LogP contribution in [-0.4, -0.2) is 67.3 Å². The molecule has 2 atom stereocenters. The Morgan fingerprint density at radius 1 is 1.36 bits per heavy atom. The van der Waals surface area contributed by atoms with Crippen molar-refractivity contribution in [3.05, 3.63) is 27.1 Å². The predicted molar refractivity (Wildman–Crippen MR) is 111 cm³/mol. The summed E-state index contributed by atoms with van der Waals surface area (Å²) in [6.07, 6.45) is -4.90. The summed E-state index contributed by atoms with van der Waals surface area (Å²) >= 11 is 4.06. The molecule has 0 aliphatic carbocycles. The van der Waals surface area contributed by atoms with Crippen LogP contribution in [0.4, 0.5) is 13.2 Å². The van der Waals surface area contributed by atoms with Gasteiger partial charge in [0.25, 0.3) is 5.91 Å². The maximum absolute atomic E-state index is 13.0. The lowest BCUT2D eigenvalue weighted by Crippen LogP contribution is -2.70. The van der Waals surface area contributed by atoms with Crippen molar-refractivity contribution in [3.63, 3.8) is 0 Å². The summed E-state index contributed by atoms with van der Waals surface area (Å²) < 4.78 is 44.6. The topological polar surface area (TPSA) is 131 Å². The first kappa shape index (κ1) is 25.1. The number of carbonyl (C=O) groups is 4. The van der Waals surface area contributed by atoms with Crippen molar-refractivity contribution in [1.82, 2.24) is 20.0 Å². The number of rotatable bonds is 7. The molecule has 0 radical (unpaired) electrons. The molecule has 1 aromatic rings. The second-order valence-corrected chi connectivity index (χ2v) is 9.11. The number of hydrogen-bond acceptors (Lipinski definition) is 7. The molecule has 2 aliphatic rings. The van der Waals surface area contributed by atoms with E-state index in [1.807, 2.05) is 0 Å². The van der Waals surface area contributed by atoms with Crippen LogP contribution < -0.4 is 5.32 Å². The first-order valence-corrected chi connectivity index (χ1v) is 11.3.